The molecule has 2 rings (SSSR count). The number of anilines is 1. The molecule has 108 valence electrons. The van der Waals surface area contributed by atoms with Crippen LogP contribution in [0.3, 0.4) is 0 Å². The van der Waals surface area contributed by atoms with Gasteiger partial charge in [-0.1, -0.05) is 11.8 Å². The summed E-state index contributed by atoms with van der Waals surface area (Å²) >= 11 is 1.54. The number of rotatable bonds is 4. The van der Waals surface area contributed by atoms with E-state index in [-0.39, 0.29) is 12.4 Å². The van der Waals surface area contributed by atoms with Crippen LogP contribution in [-0.4, -0.2) is 49.5 Å². The van der Waals surface area contributed by atoms with E-state index >= 15 is 0 Å². The summed E-state index contributed by atoms with van der Waals surface area (Å²) in [5, 5.41) is 4.10. The van der Waals surface area contributed by atoms with Gasteiger partial charge < -0.3 is 15.0 Å². The topological polar surface area (TPSA) is 50.3 Å². The normalized spacial score (nSPS) is 16.1. The number of hydrogen-bond acceptors (Lipinski definition) is 6. The fourth-order valence-corrected chi connectivity index (χ4v) is 2.51. The van der Waals surface area contributed by atoms with E-state index in [1.54, 1.807) is 18.9 Å². The summed E-state index contributed by atoms with van der Waals surface area (Å²) in [5.74, 6) is 1.61. The fraction of sp³-hybridized carbons (Fsp3) is 0.667. The summed E-state index contributed by atoms with van der Waals surface area (Å²) in [5.41, 5.74) is 0. The average Bonchev–Trinajstić information content (AvgIpc) is 2.46. The molecule has 0 spiro atoms. The SMILES string of the molecule is CNC1CCN(c2cc(OC)nc(SC)n2)CC1.Cl. The molecule has 5 nitrogen and oxygen atoms in total. The van der Waals surface area contributed by atoms with Crippen molar-refractivity contribution < 1.29 is 4.74 Å². The van der Waals surface area contributed by atoms with Crippen LogP contribution in [0.1, 0.15) is 12.8 Å². The molecule has 0 aromatic carbocycles. The first-order valence-electron chi connectivity index (χ1n) is 6.16. The molecule has 1 aliphatic rings. The summed E-state index contributed by atoms with van der Waals surface area (Å²) in [6, 6.07) is 2.55. The summed E-state index contributed by atoms with van der Waals surface area (Å²) in [6.45, 7) is 2.05. The van der Waals surface area contributed by atoms with E-state index in [1.165, 1.54) is 0 Å². The van der Waals surface area contributed by atoms with Crippen molar-refractivity contribution in [2.24, 2.45) is 0 Å². The van der Waals surface area contributed by atoms with Crippen LogP contribution in [0.15, 0.2) is 11.2 Å². The zero-order valence-electron chi connectivity index (χ0n) is 11.5. The van der Waals surface area contributed by atoms with Gasteiger partial charge in [0.15, 0.2) is 5.16 Å². The molecule has 1 saturated heterocycles. The zero-order valence-corrected chi connectivity index (χ0v) is 13.2. The van der Waals surface area contributed by atoms with E-state index < -0.39 is 0 Å². The van der Waals surface area contributed by atoms with Gasteiger partial charge in [-0.2, -0.15) is 4.98 Å². The molecule has 0 atom stereocenters. The van der Waals surface area contributed by atoms with Crippen LogP contribution < -0.4 is 15.0 Å². The van der Waals surface area contributed by atoms with Crippen molar-refractivity contribution in [2.45, 2.75) is 24.0 Å². The maximum absolute atomic E-state index is 5.23. The van der Waals surface area contributed by atoms with Gasteiger partial charge in [0.2, 0.25) is 5.88 Å². The predicted molar refractivity (Wildman–Crippen MR) is 81.9 cm³/mol. The molecule has 0 amide bonds. The van der Waals surface area contributed by atoms with Crippen molar-refractivity contribution in [3.63, 3.8) is 0 Å². The maximum Gasteiger partial charge on any atom is 0.219 e. The Kier molecular flexibility index (Phi) is 6.68. The predicted octanol–water partition coefficient (Wildman–Crippen LogP) is 1.82. The third kappa shape index (κ3) is 4.12. The van der Waals surface area contributed by atoms with Gasteiger partial charge >= 0.3 is 0 Å². The van der Waals surface area contributed by atoms with Crippen LogP contribution in [-0.2, 0) is 0 Å². The van der Waals surface area contributed by atoms with Gasteiger partial charge in [0.05, 0.1) is 7.11 Å². The number of piperidine rings is 1. The Balaban J connectivity index is 0.00000180. The molecule has 0 saturated carbocycles. The molecule has 1 aromatic heterocycles. The minimum atomic E-state index is 0. The zero-order chi connectivity index (χ0) is 13.0. The summed E-state index contributed by atoms with van der Waals surface area (Å²) < 4.78 is 5.23. The van der Waals surface area contributed by atoms with Crippen molar-refractivity contribution in [1.82, 2.24) is 15.3 Å². The highest BCUT2D eigenvalue weighted by atomic mass is 35.5. The highest BCUT2D eigenvalue weighted by Crippen LogP contribution is 2.24. The molecular formula is C12H21ClN4OS. The Morgan fingerprint density at radius 1 is 1.37 bits per heavy atom. The van der Waals surface area contributed by atoms with E-state index in [4.69, 9.17) is 4.74 Å². The molecule has 1 aliphatic heterocycles. The molecular weight excluding hydrogens is 284 g/mol. The van der Waals surface area contributed by atoms with Crippen molar-refractivity contribution in [2.75, 3.05) is 38.4 Å². The third-order valence-corrected chi connectivity index (χ3v) is 3.84. The molecule has 1 aromatic rings. The largest absolute Gasteiger partial charge is 0.481 e. The van der Waals surface area contributed by atoms with Crippen molar-refractivity contribution in [1.29, 1.82) is 0 Å². The lowest BCUT2D eigenvalue weighted by Crippen LogP contribution is -2.41. The first kappa shape index (κ1) is 16.3. The fourth-order valence-electron chi connectivity index (χ4n) is 2.15. The molecule has 0 unspecified atom stereocenters. The second-order valence-electron chi connectivity index (χ2n) is 4.31. The van der Waals surface area contributed by atoms with Crippen LogP contribution in [0.5, 0.6) is 5.88 Å². The number of thioether (sulfide) groups is 1. The van der Waals surface area contributed by atoms with Crippen molar-refractivity contribution >= 4 is 30.0 Å². The van der Waals surface area contributed by atoms with Gasteiger partial charge in [-0.3, -0.25) is 0 Å². The highest BCUT2D eigenvalue weighted by molar-refractivity contribution is 7.98. The molecule has 1 fully saturated rings. The number of halogens is 1. The number of nitrogens with one attached hydrogen (secondary N) is 1. The summed E-state index contributed by atoms with van der Waals surface area (Å²) in [7, 11) is 3.67. The number of ether oxygens (including phenoxy) is 1. The lowest BCUT2D eigenvalue weighted by Gasteiger charge is -2.32. The minimum Gasteiger partial charge on any atom is -0.481 e. The quantitative estimate of drug-likeness (QED) is 0.676. The molecule has 0 bridgehead atoms. The molecule has 1 N–H and O–H groups in total. The van der Waals surface area contributed by atoms with Gasteiger partial charge in [-0.05, 0) is 26.1 Å². The Hall–Kier alpha value is -0.720. The monoisotopic (exact) mass is 304 g/mol. The Labute approximate surface area is 124 Å². The minimum absolute atomic E-state index is 0. The van der Waals surface area contributed by atoms with Crippen molar-refractivity contribution in [3.8, 4) is 5.88 Å². The van der Waals surface area contributed by atoms with E-state index in [9.17, 15) is 0 Å². The van der Waals surface area contributed by atoms with E-state index in [0.29, 0.717) is 11.9 Å². The molecule has 0 aliphatic carbocycles. The van der Waals surface area contributed by atoms with Gasteiger partial charge in [0.25, 0.3) is 0 Å². The summed E-state index contributed by atoms with van der Waals surface area (Å²) in [6.07, 6.45) is 4.28. The van der Waals surface area contributed by atoms with E-state index in [1.807, 2.05) is 19.4 Å². The van der Waals surface area contributed by atoms with Crippen molar-refractivity contribution in [3.05, 3.63) is 6.07 Å². The van der Waals surface area contributed by atoms with E-state index in [0.717, 1.165) is 36.9 Å². The van der Waals surface area contributed by atoms with Crippen LogP contribution in [0.2, 0.25) is 0 Å². The summed E-state index contributed by atoms with van der Waals surface area (Å²) in [4.78, 5) is 11.1. The van der Waals surface area contributed by atoms with Crippen LogP contribution in [0.25, 0.3) is 0 Å². The van der Waals surface area contributed by atoms with Gasteiger partial charge in [-0.15, -0.1) is 12.4 Å². The van der Waals surface area contributed by atoms with E-state index in [2.05, 4.69) is 20.2 Å². The standard InChI is InChI=1S/C12H20N4OS.ClH/c1-13-9-4-6-16(7-5-9)10-8-11(17-2)15-12(14-10)18-3;/h8-9,13H,4-7H2,1-3H3;1H. The van der Waals surface area contributed by atoms with Gasteiger partial charge in [-0.25, -0.2) is 4.98 Å². The Morgan fingerprint density at radius 3 is 2.58 bits per heavy atom. The Bertz CT molecular complexity index is 377. The van der Waals surface area contributed by atoms with Crippen LogP contribution in [0.4, 0.5) is 5.82 Å². The molecule has 7 heteroatoms. The maximum atomic E-state index is 5.23. The van der Waals surface area contributed by atoms with Gasteiger partial charge in [0, 0.05) is 25.2 Å². The van der Waals surface area contributed by atoms with Crippen LogP contribution >= 0.6 is 24.2 Å². The highest BCUT2D eigenvalue weighted by Gasteiger charge is 2.20. The molecule has 0 radical (unpaired) electrons. The lowest BCUT2D eigenvalue weighted by molar-refractivity contribution is 0.391. The lowest BCUT2D eigenvalue weighted by atomic mass is 10.1. The second kappa shape index (κ2) is 7.77. The first-order valence-corrected chi connectivity index (χ1v) is 7.38. The third-order valence-electron chi connectivity index (χ3n) is 3.29. The Morgan fingerprint density at radius 2 is 2.05 bits per heavy atom. The first-order chi connectivity index (χ1) is 8.76. The smallest absolute Gasteiger partial charge is 0.219 e. The second-order valence-corrected chi connectivity index (χ2v) is 5.08. The molecule has 19 heavy (non-hydrogen) atoms. The number of nitrogens with zero attached hydrogens (tertiary/aromatic N) is 3. The van der Waals surface area contributed by atoms with Gasteiger partial charge in [0.1, 0.15) is 5.82 Å². The molecule has 2 heterocycles. The number of hydrogen-bond donors (Lipinski definition) is 1. The average molecular weight is 305 g/mol. The number of aromatic nitrogens is 2. The van der Waals surface area contributed by atoms with Crippen LogP contribution in [0, 0.1) is 0 Å². The number of methoxy groups -OCH3 is 1.